The Bertz CT molecular complexity index is 1160. The highest BCUT2D eigenvalue weighted by Gasteiger charge is 2.15. The number of nitrogens with one attached hydrogen (secondary N) is 2. The lowest BCUT2D eigenvalue weighted by Crippen LogP contribution is -2.34. The first-order valence-electron chi connectivity index (χ1n) is 10.1. The molecule has 0 spiro atoms. The zero-order valence-electron chi connectivity index (χ0n) is 18.5. The molecular formula is C23H28N4O4. The van der Waals surface area contributed by atoms with Gasteiger partial charge in [0.15, 0.2) is 11.5 Å². The lowest BCUT2D eigenvalue weighted by Gasteiger charge is -2.20. The summed E-state index contributed by atoms with van der Waals surface area (Å²) in [6, 6.07) is 9.23. The zero-order chi connectivity index (χ0) is 22.5. The van der Waals surface area contributed by atoms with E-state index in [1.54, 1.807) is 12.1 Å². The van der Waals surface area contributed by atoms with Crippen LogP contribution >= 0.6 is 0 Å². The van der Waals surface area contributed by atoms with E-state index >= 15 is 0 Å². The third kappa shape index (κ3) is 5.21. The van der Waals surface area contributed by atoms with E-state index in [4.69, 9.17) is 9.47 Å². The van der Waals surface area contributed by atoms with Gasteiger partial charge in [0.2, 0.25) is 5.91 Å². The number of hydrogen-bond acceptors (Lipinski definition) is 6. The zero-order valence-corrected chi connectivity index (χ0v) is 18.5. The molecule has 164 valence electrons. The highest BCUT2D eigenvalue weighted by Crippen LogP contribution is 2.30. The van der Waals surface area contributed by atoms with E-state index in [1.807, 2.05) is 43.9 Å². The van der Waals surface area contributed by atoms with E-state index < -0.39 is 0 Å². The minimum Gasteiger partial charge on any atom is -0.493 e. The highest BCUT2D eigenvalue weighted by atomic mass is 16.5. The van der Waals surface area contributed by atoms with E-state index in [1.165, 1.54) is 14.2 Å². The van der Waals surface area contributed by atoms with Gasteiger partial charge in [0.25, 0.3) is 5.56 Å². The van der Waals surface area contributed by atoms with Crippen molar-refractivity contribution in [3.63, 3.8) is 0 Å². The van der Waals surface area contributed by atoms with Crippen molar-refractivity contribution in [1.29, 1.82) is 0 Å². The number of ether oxygens (including phenoxy) is 2. The van der Waals surface area contributed by atoms with E-state index in [9.17, 15) is 9.59 Å². The highest BCUT2D eigenvalue weighted by molar-refractivity contribution is 5.93. The summed E-state index contributed by atoms with van der Waals surface area (Å²) >= 11 is 0. The molecule has 0 radical (unpaired) electrons. The second-order valence-corrected chi connectivity index (χ2v) is 7.41. The van der Waals surface area contributed by atoms with Gasteiger partial charge in [-0.1, -0.05) is 19.1 Å². The lowest BCUT2D eigenvalue weighted by molar-refractivity contribution is -0.117. The van der Waals surface area contributed by atoms with Gasteiger partial charge >= 0.3 is 0 Å². The second-order valence-electron chi connectivity index (χ2n) is 7.41. The minimum absolute atomic E-state index is 0.120. The third-order valence-electron chi connectivity index (χ3n) is 5.11. The molecule has 31 heavy (non-hydrogen) atoms. The molecule has 3 aromatic rings. The largest absolute Gasteiger partial charge is 0.493 e. The standard InChI is InChI=1S/C23H28N4O4/c1-6-27(13-22(28)25-17-9-14(2)7-8-15(17)3)12-21-24-18-11-20(31-5)19(30-4)10-16(18)23(29)26-21/h7-11H,6,12-13H2,1-5H3,(H,25,28)(H,24,26,29). The Balaban J connectivity index is 1.78. The summed E-state index contributed by atoms with van der Waals surface area (Å²) in [7, 11) is 3.05. The van der Waals surface area contributed by atoms with Crippen molar-refractivity contribution in [2.45, 2.75) is 27.3 Å². The van der Waals surface area contributed by atoms with Gasteiger partial charge in [-0.15, -0.1) is 0 Å². The predicted molar refractivity (Wildman–Crippen MR) is 121 cm³/mol. The Labute approximate surface area is 181 Å². The molecule has 0 saturated carbocycles. The molecule has 0 unspecified atom stereocenters. The number of nitrogens with zero attached hydrogens (tertiary/aromatic N) is 2. The molecule has 0 aliphatic heterocycles. The Morgan fingerprint density at radius 3 is 2.52 bits per heavy atom. The summed E-state index contributed by atoms with van der Waals surface area (Å²) in [5.41, 5.74) is 3.13. The summed E-state index contributed by atoms with van der Waals surface area (Å²) in [5, 5.41) is 3.38. The van der Waals surface area contributed by atoms with Crippen LogP contribution < -0.4 is 20.3 Å². The molecule has 0 saturated heterocycles. The molecule has 0 bridgehead atoms. The smallest absolute Gasteiger partial charge is 0.258 e. The van der Waals surface area contributed by atoms with Crippen LogP contribution in [0.15, 0.2) is 35.1 Å². The molecule has 3 rings (SSSR count). The molecule has 1 heterocycles. The quantitative estimate of drug-likeness (QED) is 0.577. The van der Waals surface area contributed by atoms with Crippen molar-refractivity contribution in [3.8, 4) is 11.5 Å². The number of aryl methyl sites for hydroxylation is 2. The lowest BCUT2D eigenvalue weighted by atomic mass is 10.1. The summed E-state index contributed by atoms with van der Waals surface area (Å²) in [6.07, 6.45) is 0. The average molecular weight is 425 g/mol. The Kier molecular flexibility index (Phi) is 6.91. The molecule has 1 amide bonds. The number of anilines is 1. The number of methoxy groups -OCH3 is 2. The summed E-state index contributed by atoms with van der Waals surface area (Å²) in [4.78, 5) is 34.4. The van der Waals surface area contributed by atoms with Gasteiger partial charge in [0.1, 0.15) is 5.82 Å². The number of rotatable bonds is 8. The van der Waals surface area contributed by atoms with E-state index in [2.05, 4.69) is 15.3 Å². The molecule has 0 aliphatic rings. The minimum atomic E-state index is -0.267. The molecule has 2 aromatic carbocycles. The third-order valence-corrected chi connectivity index (χ3v) is 5.11. The molecule has 1 aromatic heterocycles. The van der Waals surface area contributed by atoms with Crippen LogP contribution in [-0.2, 0) is 11.3 Å². The molecule has 8 nitrogen and oxygen atoms in total. The fourth-order valence-corrected chi connectivity index (χ4v) is 3.34. The van der Waals surface area contributed by atoms with Gasteiger partial charge in [-0.2, -0.15) is 0 Å². The van der Waals surface area contributed by atoms with Crippen molar-refractivity contribution in [2.24, 2.45) is 0 Å². The fourth-order valence-electron chi connectivity index (χ4n) is 3.34. The number of carbonyl (C=O) groups is 1. The number of H-pyrrole nitrogens is 1. The van der Waals surface area contributed by atoms with Crippen LogP contribution in [0.1, 0.15) is 23.9 Å². The van der Waals surface area contributed by atoms with Gasteiger partial charge in [0.05, 0.1) is 38.2 Å². The molecular weight excluding hydrogens is 396 g/mol. The maximum Gasteiger partial charge on any atom is 0.258 e. The van der Waals surface area contributed by atoms with E-state index in [0.29, 0.717) is 41.3 Å². The summed E-state index contributed by atoms with van der Waals surface area (Å²) in [6.45, 7) is 7.03. The number of benzene rings is 2. The van der Waals surface area contributed by atoms with Crippen molar-refractivity contribution in [2.75, 3.05) is 32.6 Å². The Morgan fingerprint density at radius 2 is 1.84 bits per heavy atom. The monoisotopic (exact) mass is 424 g/mol. The van der Waals surface area contributed by atoms with Crippen LogP contribution in [0.5, 0.6) is 11.5 Å². The first kappa shape index (κ1) is 22.3. The van der Waals surface area contributed by atoms with Crippen molar-refractivity contribution in [3.05, 3.63) is 57.6 Å². The van der Waals surface area contributed by atoms with Crippen LogP contribution in [0.3, 0.4) is 0 Å². The predicted octanol–water partition coefficient (Wildman–Crippen LogP) is 3.02. The van der Waals surface area contributed by atoms with Crippen LogP contribution in [0.2, 0.25) is 0 Å². The second kappa shape index (κ2) is 9.61. The molecule has 2 N–H and O–H groups in total. The number of hydrogen-bond donors (Lipinski definition) is 2. The molecule has 0 aliphatic carbocycles. The number of likely N-dealkylation sites (N-methyl/N-ethyl adjacent to an activating group) is 1. The van der Waals surface area contributed by atoms with Crippen LogP contribution in [-0.4, -0.2) is 48.1 Å². The molecule has 0 atom stereocenters. The van der Waals surface area contributed by atoms with Gasteiger partial charge in [-0.3, -0.25) is 14.5 Å². The van der Waals surface area contributed by atoms with Crippen molar-refractivity contribution < 1.29 is 14.3 Å². The molecule has 0 fully saturated rings. The van der Waals surface area contributed by atoms with Gasteiger partial charge in [-0.05, 0) is 43.7 Å². The first-order valence-corrected chi connectivity index (χ1v) is 10.1. The Hall–Kier alpha value is -3.39. The number of aromatic amines is 1. The van der Waals surface area contributed by atoms with Crippen LogP contribution in [0, 0.1) is 13.8 Å². The number of carbonyl (C=O) groups excluding carboxylic acids is 1. The summed E-state index contributed by atoms with van der Waals surface area (Å²) < 4.78 is 10.6. The normalized spacial score (nSPS) is 11.0. The van der Waals surface area contributed by atoms with Gasteiger partial charge < -0.3 is 19.8 Å². The SMILES string of the molecule is CCN(CC(=O)Nc1cc(C)ccc1C)Cc1nc2cc(OC)c(OC)cc2c(=O)[nH]1. The topological polar surface area (TPSA) is 96.6 Å². The number of fused-ring (bicyclic) bond motifs is 1. The maximum atomic E-state index is 12.6. The van der Waals surface area contributed by atoms with Crippen LogP contribution in [0.4, 0.5) is 5.69 Å². The van der Waals surface area contributed by atoms with Crippen LogP contribution in [0.25, 0.3) is 10.9 Å². The van der Waals surface area contributed by atoms with E-state index in [0.717, 1.165) is 16.8 Å². The van der Waals surface area contributed by atoms with Crippen molar-refractivity contribution >= 4 is 22.5 Å². The Morgan fingerprint density at radius 1 is 1.13 bits per heavy atom. The average Bonchev–Trinajstić information content (AvgIpc) is 2.74. The maximum absolute atomic E-state index is 12.6. The molecule has 8 heteroatoms. The van der Waals surface area contributed by atoms with E-state index in [-0.39, 0.29) is 18.0 Å². The van der Waals surface area contributed by atoms with Crippen molar-refractivity contribution in [1.82, 2.24) is 14.9 Å². The van der Waals surface area contributed by atoms with Gasteiger partial charge in [-0.25, -0.2) is 4.98 Å². The fraction of sp³-hybridized carbons (Fsp3) is 0.348. The summed E-state index contributed by atoms with van der Waals surface area (Å²) in [5.74, 6) is 1.32. The van der Waals surface area contributed by atoms with Gasteiger partial charge in [0, 0.05) is 11.8 Å². The number of aromatic nitrogens is 2. The number of amides is 1. The first-order chi connectivity index (χ1) is 14.8.